The van der Waals surface area contributed by atoms with E-state index in [-0.39, 0.29) is 0 Å². The molecule has 7 rings (SSSR count). The largest absolute Gasteiger partial charge is 0.456 e. The van der Waals surface area contributed by atoms with Gasteiger partial charge in [-0.1, -0.05) is 103 Å². The zero-order valence-electron chi connectivity index (χ0n) is 18.0. The van der Waals surface area contributed by atoms with E-state index in [1.165, 1.54) is 16.7 Å². The summed E-state index contributed by atoms with van der Waals surface area (Å²) in [4.78, 5) is 0. The van der Waals surface area contributed by atoms with Gasteiger partial charge in [-0.05, 0) is 34.9 Å². The van der Waals surface area contributed by atoms with E-state index < -0.39 is 5.41 Å². The smallest absolute Gasteiger partial charge is 0.140 e. The van der Waals surface area contributed by atoms with E-state index in [9.17, 15) is 0 Å². The van der Waals surface area contributed by atoms with Crippen LogP contribution in [0.5, 0.6) is 0 Å². The van der Waals surface area contributed by atoms with Gasteiger partial charge in [0.1, 0.15) is 11.2 Å². The summed E-state index contributed by atoms with van der Waals surface area (Å²) in [6.45, 7) is 0. The number of hydrogen-bond acceptors (Lipinski definition) is 2. The molecular formula is C31H21NO. The van der Waals surface area contributed by atoms with Crippen molar-refractivity contribution in [1.29, 1.82) is 0 Å². The van der Waals surface area contributed by atoms with Crippen molar-refractivity contribution in [1.82, 2.24) is 0 Å². The van der Waals surface area contributed by atoms with Crippen LogP contribution in [0.4, 0.5) is 11.4 Å². The first-order valence-corrected chi connectivity index (χ1v) is 11.3. The summed E-state index contributed by atoms with van der Waals surface area (Å²) in [6.07, 6.45) is 0. The number of furan rings is 1. The molecule has 1 aliphatic heterocycles. The molecule has 5 aromatic carbocycles. The summed E-state index contributed by atoms with van der Waals surface area (Å²) in [6, 6.07) is 43.0. The third-order valence-electron chi connectivity index (χ3n) is 6.95. The molecule has 0 atom stereocenters. The van der Waals surface area contributed by atoms with Crippen LogP contribution in [0, 0.1) is 0 Å². The highest BCUT2D eigenvalue weighted by molar-refractivity contribution is 6.07. The lowest BCUT2D eigenvalue weighted by Crippen LogP contribution is -2.35. The minimum absolute atomic E-state index is 0.521. The molecular weight excluding hydrogens is 402 g/mol. The molecule has 0 fully saturated rings. The molecule has 6 aromatic rings. The fourth-order valence-corrected chi connectivity index (χ4v) is 5.62. The quantitative estimate of drug-likeness (QED) is 0.304. The van der Waals surface area contributed by atoms with Crippen LogP contribution in [0.2, 0.25) is 0 Å². The molecule has 0 amide bonds. The van der Waals surface area contributed by atoms with E-state index in [0.29, 0.717) is 0 Å². The highest BCUT2D eigenvalue weighted by atomic mass is 16.3. The Morgan fingerprint density at radius 3 is 1.82 bits per heavy atom. The van der Waals surface area contributed by atoms with Gasteiger partial charge in [-0.2, -0.15) is 0 Å². The molecule has 0 saturated carbocycles. The van der Waals surface area contributed by atoms with Crippen molar-refractivity contribution in [3.8, 4) is 0 Å². The van der Waals surface area contributed by atoms with Crippen LogP contribution in [0.15, 0.2) is 126 Å². The van der Waals surface area contributed by atoms with Crippen molar-refractivity contribution in [3.05, 3.63) is 144 Å². The van der Waals surface area contributed by atoms with Gasteiger partial charge >= 0.3 is 0 Å². The molecule has 0 aliphatic carbocycles. The van der Waals surface area contributed by atoms with Gasteiger partial charge in [0.15, 0.2) is 0 Å². The van der Waals surface area contributed by atoms with Gasteiger partial charge in [0.25, 0.3) is 0 Å². The summed E-state index contributed by atoms with van der Waals surface area (Å²) >= 11 is 0. The Kier molecular flexibility index (Phi) is 3.80. The fourth-order valence-electron chi connectivity index (χ4n) is 5.62. The second-order valence-electron chi connectivity index (χ2n) is 8.61. The number of para-hydroxylation sites is 4. The molecule has 0 spiro atoms. The molecule has 2 heterocycles. The van der Waals surface area contributed by atoms with Crippen LogP contribution >= 0.6 is 0 Å². The summed E-state index contributed by atoms with van der Waals surface area (Å²) in [5, 5.41) is 5.97. The Labute approximate surface area is 192 Å². The molecule has 0 bridgehead atoms. The second-order valence-corrected chi connectivity index (χ2v) is 8.61. The lowest BCUT2D eigenvalue weighted by Gasteiger charge is -2.42. The van der Waals surface area contributed by atoms with Gasteiger partial charge in [-0.3, -0.25) is 0 Å². The third kappa shape index (κ3) is 2.43. The van der Waals surface area contributed by atoms with Gasteiger partial charge in [0, 0.05) is 27.7 Å². The highest BCUT2D eigenvalue weighted by Gasteiger charge is 2.45. The summed E-state index contributed by atoms with van der Waals surface area (Å²) < 4.78 is 6.59. The Morgan fingerprint density at radius 2 is 1.06 bits per heavy atom. The van der Waals surface area contributed by atoms with Crippen molar-refractivity contribution >= 4 is 33.3 Å². The standard InChI is InChI=1S/C31H21NO/c1-2-11-21(12-3-1)31(24-15-5-7-18-27(24)32-28-19-8-6-16-25(28)31)26-17-10-14-23-22-13-4-9-20-29(22)33-30(23)26/h1-20,32H. The molecule has 2 heteroatoms. The van der Waals surface area contributed by atoms with Gasteiger partial charge in [-0.15, -0.1) is 0 Å². The Hall–Kier alpha value is -4.30. The molecule has 156 valence electrons. The van der Waals surface area contributed by atoms with E-state index in [4.69, 9.17) is 4.42 Å². The SMILES string of the molecule is c1ccc(C2(c3cccc4c3oc3ccccc34)c3ccccc3Nc3ccccc32)cc1. The third-order valence-corrected chi connectivity index (χ3v) is 6.95. The molecule has 0 unspecified atom stereocenters. The van der Waals surface area contributed by atoms with Gasteiger partial charge in [-0.25, -0.2) is 0 Å². The van der Waals surface area contributed by atoms with Crippen LogP contribution in [-0.4, -0.2) is 0 Å². The van der Waals surface area contributed by atoms with Crippen LogP contribution in [0.25, 0.3) is 21.9 Å². The normalized spacial score (nSPS) is 13.9. The predicted octanol–water partition coefficient (Wildman–Crippen LogP) is 8.03. The number of fused-ring (bicyclic) bond motifs is 5. The van der Waals surface area contributed by atoms with Crippen molar-refractivity contribution in [2.45, 2.75) is 5.41 Å². The highest BCUT2D eigenvalue weighted by Crippen LogP contribution is 2.55. The van der Waals surface area contributed by atoms with E-state index in [2.05, 4.69) is 121 Å². The average Bonchev–Trinajstić information content (AvgIpc) is 3.27. The Morgan fingerprint density at radius 1 is 0.485 bits per heavy atom. The van der Waals surface area contributed by atoms with E-state index in [1.807, 2.05) is 6.07 Å². The predicted molar refractivity (Wildman–Crippen MR) is 135 cm³/mol. The molecule has 0 saturated heterocycles. The first-order valence-electron chi connectivity index (χ1n) is 11.3. The van der Waals surface area contributed by atoms with Crippen LogP contribution in [0.3, 0.4) is 0 Å². The molecule has 0 radical (unpaired) electrons. The fraction of sp³-hybridized carbons (Fsp3) is 0.0323. The van der Waals surface area contributed by atoms with Crippen molar-refractivity contribution in [2.24, 2.45) is 0 Å². The minimum Gasteiger partial charge on any atom is -0.456 e. The van der Waals surface area contributed by atoms with Gasteiger partial charge in [0.2, 0.25) is 0 Å². The number of anilines is 2. The minimum atomic E-state index is -0.521. The molecule has 1 aromatic heterocycles. The Balaban J connectivity index is 1.71. The summed E-state index contributed by atoms with van der Waals surface area (Å²) in [7, 11) is 0. The maximum absolute atomic E-state index is 6.59. The maximum Gasteiger partial charge on any atom is 0.140 e. The number of hydrogen-bond donors (Lipinski definition) is 1. The van der Waals surface area contributed by atoms with Crippen molar-refractivity contribution in [3.63, 3.8) is 0 Å². The monoisotopic (exact) mass is 423 g/mol. The van der Waals surface area contributed by atoms with E-state index in [1.54, 1.807) is 0 Å². The van der Waals surface area contributed by atoms with Crippen molar-refractivity contribution in [2.75, 3.05) is 5.32 Å². The average molecular weight is 424 g/mol. The van der Waals surface area contributed by atoms with Crippen LogP contribution < -0.4 is 5.32 Å². The summed E-state index contributed by atoms with van der Waals surface area (Å²) in [5.74, 6) is 0. The molecule has 1 N–H and O–H groups in total. The molecule has 2 nitrogen and oxygen atoms in total. The lowest BCUT2D eigenvalue weighted by molar-refractivity contribution is 0.644. The topological polar surface area (TPSA) is 25.2 Å². The van der Waals surface area contributed by atoms with Crippen molar-refractivity contribution < 1.29 is 4.42 Å². The zero-order valence-corrected chi connectivity index (χ0v) is 18.0. The molecule has 1 aliphatic rings. The zero-order chi connectivity index (χ0) is 21.8. The molecule has 33 heavy (non-hydrogen) atoms. The second kappa shape index (κ2) is 6.85. The maximum atomic E-state index is 6.59. The van der Waals surface area contributed by atoms with Crippen LogP contribution in [0.1, 0.15) is 22.3 Å². The first kappa shape index (κ1) is 18.3. The number of rotatable bonds is 2. The number of benzene rings is 5. The Bertz CT molecular complexity index is 1600. The number of nitrogens with one attached hydrogen (secondary N) is 1. The van der Waals surface area contributed by atoms with Crippen LogP contribution in [-0.2, 0) is 5.41 Å². The summed E-state index contributed by atoms with van der Waals surface area (Å²) in [5.41, 5.74) is 8.40. The van der Waals surface area contributed by atoms with Gasteiger partial charge in [0.05, 0.1) is 5.41 Å². The van der Waals surface area contributed by atoms with E-state index >= 15 is 0 Å². The van der Waals surface area contributed by atoms with E-state index in [0.717, 1.165) is 38.9 Å². The van der Waals surface area contributed by atoms with Gasteiger partial charge < -0.3 is 9.73 Å². The first-order chi connectivity index (χ1) is 16.4. The lowest BCUT2D eigenvalue weighted by atomic mass is 9.62.